The maximum Gasteiger partial charge on any atom is 0.134 e. The molecule has 1 aliphatic carbocycles. The van der Waals surface area contributed by atoms with Crippen molar-refractivity contribution in [3.8, 4) is 0 Å². The van der Waals surface area contributed by atoms with E-state index in [1.54, 1.807) is 0 Å². The van der Waals surface area contributed by atoms with Crippen molar-refractivity contribution in [2.75, 3.05) is 26.2 Å². The van der Waals surface area contributed by atoms with Crippen LogP contribution in [0.15, 0.2) is 0 Å². The monoisotopic (exact) mass is 222 g/mol. The predicted molar refractivity (Wildman–Crippen MR) is 63.4 cm³/mol. The highest BCUT2D eigenvalue weighted by Crippen LogP contribution is 2.27. The van der Waals surface area contributed by atoms with Crippen molar-refractivity contribution >= 4 is 5.78 Å². The Labute approximate surface area is 97.8 Å². The fraction of sp³-hybridized carbons (Fsp3) is 0.923. The number of hydrogen-bond donors (Lipinski definition) is 0. The van der Waals surface area contributed by atoms with Crippen LogP contribution in [-0.2, 0) is 4.79 Å². The van der Waals surface area contributed by atoms with Gasteiger partial charge in [-0.1, -0.05) is 6.42 Å². The van der Waals surface area contributed by atoms with Crippen LogP contribution >= 0.6 is 0 Å². The zero-order valence-corrected chi connectivity index (χ0v) is 10.0. The molecule has 90 valence electrons. The molecule has 0 spiro atoms. The summed E-state index contributed by atoms with van der Waals surface area (Å²) in [4.78, 5) is 16.6. The van der Waals surface area contributed by atoms with Crippen molar-refractivity contribution in [1.29, 1.82) is 0 Å². The van der Waals surface area contributed by atoms with Gasteiger partial charge in [-0.2, -0.15) is 0 Å². The average molecular weight is 222 g/mol. The van der Waals surface area contributed by atoms with Crippen LogP contribution in [0.4, 0.5) is 0 Å². The van der Waals surface area contributed by atoms with Crippen LogP contribution in [0.25, 0.3) is 0 Å². The number of rotatable bonds is 1. The Morgan fingerprint density at radius 3 is 2.62 bits per heavy atom. The SMILES string of the molecule is O=C1CCC(N2CCN3CCCCC3C2)C1. The highest BCUT2D eigenvalue weighted by molar-refractivity contribution is 5.81. The summed E-state index contributed by atoms with van der Waals surface area (Å²) >= 11 is 0. The molecule has 0 aromatic rings. The first-order valence-corrected chi connectivity index (χ1v) is 6.83. The normalized spacial score (nSPS) is 37.6. The number of fused-ring (bicyclic) bond motifs is 1. The van der Waals surface area contributed by atoms with Crippen molar-refractivity contribution in [3.05, 3.63) is 0 Å². The largest absolute Gasteiger partial charge is 0.300 e. The van der Waals surface area contributed by atoms with Gasteiger partial charge in [0.05, 0.1) is 0 Å². The van der Waals surface area contributed by atoms with Gasteiger partial charge in [-0.3, -0.25) is 14.6 Å². The highest BCUT2D eigenvalue weighted by Gasteiger charge is 2.34. The molecule has 2 aliphatic heterocycles. The molecule has 0 N–H and O–H groups in total. The molecule has 0 aromatic heterocycles. The van der Waals surface area contributed by atoms with Gasteiger partial charge in [-0.25, -0.2) is 0 Å². The number of hydrogen-bond acceptors (Lipinski definition) is 3. The van der Waals surface area contributed by atoms with Gasteiger partial charge >= 0.3 is 0 Å². The van der Waals surface area contributed by atoms with Gasteiger partial charge in [0, 0.05) is 44.6 Å². The van der Waals surface area contributed by atoms with Crippen LogP contribution < -0.4 is 0 Å². The van der Waals surface area contributed by atoms with Gasteiger partial charge in [0.2, 0.25) is 0 Å². The van der Waals surface area contributed by atoms with Crippen molar-refractivity contribution in [2.24, 2.45) is 0 Å². The molecule has 3 heteroatoms. The van der Waals surface area contributed by atoms with E-state index in [0.29, 0.717) is 11.8 Å². The van der Waals surface area contributed by atoms with Gasteiger partial charge in [0.15, 0.2) is 0 Å². The second kappa shape index (κ2) is 4.46. The Morgan fingerprint density at radius 2 is 1.81 bits per heavy atom. The van der Waals surface area contributed by atoms with Crippen LogP contribution in [0, 0.1) is 0 Å². The fourth-order valence-corrected chi connectivity index (χ4v) is 3.62. The van der Waals surface area contributed by atoms with Crippen LogP contribution in [0.2, 0.25) is 0 Å². The number of ketones is 1. The van der Waals surface area contributed by atoms with E-state index in [-0.39, 0.29) is 0 Å². The second-order valence-corrected chi connectivity index (χ2v) is 5.62. The summed E-state index contributed by atoms with van der Waals surface area (Å²) in [7, 11) is 0. The van der Waals surface area contributed by atoms with Gasteiger partial charge in [0.1, 0.15) is 5.78 Å². The Kier molecular flexibility index (Phi) is 2.99. The minimum Gasteiger partial charge on any atom is -0.300 e. The first kappa shape index (κ1) is 10.7. The third-order valence-electron chi connectivity index (χ3n) is 4.60. The zero-order chi connectivity index (χ0) is 11.0. The van der Waals surface area contributed by atoms with Gasteiger partial charge in [0.25, 0.3) is 0 Å². The standard InChI is InChI=1S/C13H22N2O/c16-13-5-4-11(9-13)15-8-7-14-6-2-1-3-12(14)10-15/h11-12H,1-10H2. The van der Waals surface area contributed by atoms with Crippen LogP contribution in [0.5, 0.6) is 0 Å². The molecule has 0 aromatic carbocycles. The lowest BCUT2D eigenvalue weighted by atomic mass is 9.98. The summed E-state index contributed by atoms with van der Waals surface area (Å²) in [5, 5.41) is 0. The van der Waals surface area contributed by atoms with Crippen LogP contribution in [-0.4, -0.2) is 53.8 Å². The minimum atomic E-state index is 0.482. The van der Waals surface area contributed by atoms with E-state index in [0.717, 1.165) is 25.3 Å². The molecule has 2 saturated heterocycles. The number of Topliss-reactive ketones (excluding diaryl/α,β-unsaturated/α-hetero) is 1. The average Bonchev–Trinajstić information content (AvgIpc) is 2.75. The summed E-state index contributed by atoms with van der Waals surface area (Å²) in [6.07, 6.45) is 6.93. The molecular weight excluding hydrogens is 200 g/mol. The molecule has 3 nitrogen and oxygen atoms in total. The molecule has 0 bridgehead atoms. The molecule has 2 unspecified atom stereocenters. The number of nitrogens with zero attached hydrogens (tertiary/aromatic N) is 2. The predicted octanol–water partition coefficient (Wildman–Crippen LogP) is 1.28. The summed E-state index contributed by atoms with van der Waals surface area (Å²) in [6.45, 7) is 4.95. The lowest BCUT2D eigenvalue weighted by Gasteiger charge is -2.45. The zero-order valence-electron chi connectivity index (χ0n) is 10.0. The molecule has 3 rings (SSSR count). The molecule has 1 saturated carbocycles. The van der Waals surface area contributed by atoms with Gasteiger partial charge < -0.3 is 0 Å². The molecule has 16 heavy (non-hydrogen) atoms. The smallest absolute Gasteiger partial charge is 0.134 e. The first-order chi connectivity index (χ1) is 7.83. The molecule has 2 heterocycles. The van der Waals surface area contributed by atoms with Crippen molar-refractivity contribution in [2.45, 2.75) is 50.6 Å². The molecule has 0 amide bonds. The number of carbonyl (C=O) groups is 1. The Bertz CT molecular complexity index is 279. The molecular formula is C13H22N2O. The van der Waals surface area contributed by atoms with E-state index >= 15 is 0 Å². The maximum atomic E-state index is 11.3. The van der Waals surface area contributed by atoms with Crippen LogP contribution in [0.1, 0.15) is 38.5 Å². The Morgan fingerprint density at radius 1 is 0.938 bits per heavy atom. The molecule has 0 radical (unpaired) electrons. The quantitative estimate of drug-likeness (QED) is 0.667. The molecule has 3 fully saturated rings. The summed E-state index contributed by atoms with van der Waals surface area (Å²) in [5.41, 5.74) is 0. The summed E-state index contributed by atoms with van der Waals surface area (Å²) in [6, 6.07) is 1.37. The first-order valence-electron chi connectivity index (χ1n) is 6.83. The summed E-state index contributed by atoms with van der Waals surface area (Å²) < 4.78 is 0. The van der Waals surface area contributed by atoms with Gasteiger partial charge in [-0.15, -0.1) is 0 Å². The lowest BCUT2D eigenvalue weighted by Crippen LogP contribution is -2.56. The van der Waals surface area contributed by atoms with Crippen molar-refractivity contribution in [1.82, 2.24) is 9.80 Å². The third kappa shape index (κ3) is 2.03. The van der Waals surface area contributed by atoms with Crippen molar-refractivity contribution < 1.29 is 4.79 Å². The van der Waals surface area contributed by atoms with E-state index in [2.05, 4.69) is 9.80 Å². The molecule has 2 atom stereocenters. The highest BCUT2D eigenvalue weighted by atomic mass is 16.1. The lowest BCUT2D eigenvalue weighted by molar-refractivity contribution is -0.117. The minimum absolute atomic E-state index is 0.482. The second-order valence-electron chi connectivity index (χ2n) is 5.62. The summed E-state index contributed by atoms with van der Waals surface area (Å²) in [5.74, 6) is 0.482. The maximum absolute atomic E-state index is 11.3. The van der Waals surface area contributed by atoms with E-state index in [4.69, 9.17) is 0 Å². The number of piperazine rings is 1. The number of piperidine rings is 1. The van der Waals surface area contributed by atoms with E-state index in [1.165, 1.54) is 45.4 Å². The number of carbonyl (C=O) groups excluding carboxylic acids is 1. The van der Waals surface area contributed by atoms with Crippen LogP contribution in [0.3, 0.4) is 0 Å². The van der Waals surface area contributed by atoms with Gasteiger partial charge in [-0.05, 0) is 25.8 Å². The van der Waals surface area contributed by atoms with E-state index in [9.17, 15) is 4.79 Å². The third-order valence-corrected chi connectivity index (χ3v) is 4.60. The Hall–Kier alpha value is -0.410. The Balaban J connectivity index is 1.60. The topological polar surface area (TPSA) is 23.6 Å². The molecule has 3 aliphatic rings. The van der Waals surface area contributed by atoms with E-state index in [1.807, 2.05) is 0 Å². The van der Waals surface area contributed by atoms with E-state index < -0.39 is 0 Å². The van der Waals surface area contributed by atoms with Crippen molar-refractivity contribution in [3.63, 3.8) is 0 Å². The fourth-order valence-electron chi connectivity index (χ4n) is 3.62.